The van der Waals surface area contributed by atoms with Gasteiger partial charge in [0, 0.05) is 32.5 Å². The lowest BCUT2D eigenvalue weighted by molar-refractivity contribution is 0.178. The van der Waals surface area contributed by atoms with Crippen molar-refractivity contribution >= 4 is 29.2 Å². The second kappa shape index (κ2) is 6.93. The molecule has 4 nitrogen and oxygen atoms in total. The second-order valence-corrected chi connectivity index (χ2v) is 4.69. The molecule has 1 aromatic heterocycles. The zero-order valence-electron chi connectivity index (χ0n) is 9.73. The lowest BCUT2D eigenvalue weighted by Gasteiger charge is -2.18. The number of aromatic nitrogens is 2. The van der Waals surface area contributed by atoms with E-state index in [1.54, 1.807) is 24.9 Å². The van der Waals surface area contributed by atoms with Crippen LogP contribution in [0.3, 0.4) is 0 Å². The first kappa shape index (κ1) is 13.5. The molecule has 1 rings (SSSR count). The van der Waals surface area contributed by atoms with Crippen LogP contribution >= 0.6 is 23.4 Å². The largest absolute Gasteiger partial charge is 0.377 e. The molecule has 0 aliphatic rings. The Bertz CT molecular complexity index is 338. The number of rotatable bonds is 6. The fraction of sp³-hybridized carbons (Fsp3) is 0.600. The Labute approximate surface area is 105 Å². The molecule has 0 N–H and O–H groups in total. The van der Waals surface area contributed by atoms with E-state index < -0.39 is 0 Å². The molecule has 0 amide bonds. The van der Waals surface area contributed by atoms with E-state index in [-0.39, 0.29) is 0 Å². The Morgan fingerprint density at radius 3 is 2.88 bits per heavy atom. The third kappa shape index (κ3) is 4.15. The van der Waals surface area contributed by atoms with Crippen molar-refractivity contribution in [3.05, 3.63) is 17.0 Å². The summed E-state index contributed by atoms with van der Waals surface area (Å²) in [6.07, 6.45) is 2.08. The van der Waals surface area contributed by atoms with Crippen molar-refractivity contribution in [3.63, 3.8) is 0 Å². The van der Waals surface area contributed by atoms with Gasteiger partial charge >= 0.3 is 0 Å². The average molecular weight is 262 g/mol. The molecule has 0 radical (unpaired) electrons. The zero-order chi connectivity index (χ0) is 12.0. The highest BCUT2D eigenvalue weighted by Gasteiger charge is 2.07. The van der Waals surface area contributed by atoms with Crippen LogP contribution in [0.25, 0.3) is 0 Å². The first-order chi connectivity index (χ1) is 7.67. The normalized spacial score (nSPS) is 10.5. The molecule has 16 heavy (non-hydrogen) atoms. The van der Waals surface area contributed by atoms with Gasteiger partial charge in [-0.1, -0.05) is 11.6 Å². The Morgan fingerprint density at radius 1 is 1.50 bits per heavy atom. The highest BCUT2D eigenvalue weighted by molar-refractivity contribution is 7.98. The minimum Gasteiger partial charge on any atom is -0.377 e. The number of ether oxygens (including phenoxy) is 1. The summed E-state index contributed by atoms with van der Waals surface area (Å²) in [5, 5.41) is 0.452. The van der Waals surface area contributed by atoms with E-state index in [0.717, 1.165) is 18.1 Å². The van der Waals surface area contributed by atoms with Crippen LogP contribution in [0.2, 0.25) is 5.15 Å². The van der Waals surface area contributed by atoms with Crippen molar-refractivity contribution in [1.82, 2.24) is 9.97 Å². The van der Waals surface area contributed by atoms with Gasteiger partial charge in [0.2, 0.25) is 0 Å². The molecule has 1 heterocycles. The van der Waals surface area contributed by atoms with Gasteiger partial charge in [0.15, 0.2) is 5.82 Å². The summed E-state index contributed by atoms with van der Waals surface area (Å²) >= 11 is 7.73. The van der Waals surface area contributed by atoms with Gasteiger partial charge in [-0.05, 0) is 6.26 Å². The van der Waals surface area contributed by atoms with Gasteiger partial charge in [-0.15, -0.1) is 0 Å². The van der Waals surface area contributed by atoms with E-state index in [4.69, 9.17) is 16.3 Å². The summed E-state index contributed by atoms with van der Waals surface area (Å²) in [4.78, 5) is 10.5. The molecular formula is C10H16ClN3OS. The first-order valence-electron chi connectivity index (χ1n) is 4.90. The van der Waals surface area contributed by atoms with E-state index in [2.05, 4.69) is 21.1 Å². The predicted molar refractivity (Wildman–Crippen MR) is 69.4 cm³/mol. The van der Waals surface area contributed by atoms with Crippen LogP contribution in [0.5, 0.6) is 0 Å². The minimum absolute atomic E-state index is 0.379. The van der Waals surface area contributed by atoms with Crippen molar-refractivity contribution in [3.8, 4) is 0 Å². The SMILES string of the molecule is COCc1nc(Cl)cc(N(C)CCSC)n1. The smallest absolute Gasteiger partial charge is 0.158 e. The summed E-state index contributed by atoms with van der Waals surface area (Å²) in [7, 11) is 3.60. The number of nitrogens with zero attached hydrogens (tertiary/aromatic N) is 3. The van der Waals surface area contributed by atoms with Crippen molar-refractivity contribution in [2.24, 2.45) is 0 Å². The minimum atomic E-state index is 0.379. The van der Waals surface area contributed by atoms with E-state index >= 15 is 0 Å². The first-order valence-corrected chi connectivity index (χ1v) is 6.67. The average Bonchev–Trinajstić information content (AvgIpc) is 2.25. The molecule has 0 unspecified atom stereocenters. The maximum absolute atomic E-state index is 5.93. The molecule has 1 aromatic rings. The molecule has 0 aliphatic carbocycles. The fourth-order valence-corrected chi connectivity index (χ4v) is 1.84. The van der Waals surface area contributed by atoms with Crippen LogP contribution in [0.15, 0.2) is 6.07 Å². The summed E-state index contributed by atoms with van der Waals surface area (Å²) in [5.41, 5.74) is 0. The molecule has 0 fully saturated rings. The van der Waals surface area contributed by atoms with Crippen LogP contribution in [-0.4, -0.2) is 42.7 Å². The van der Waals surface area contributed by atoms with Crippen LogP contribution in [0.1, 0.15) is 5.82 Å². The standard InChI is InChI=1S/C10H16ClN3OS/c1-14(4-5-16-3)10-6-8(11)12-9(13-10)7-15-2/h6H,4-5,7H2,1-3H3. The molecule has 0 atom stereocenters. The maximum Gasteiger partial charge on any atom is 0.158 e. The van der Waals surface area contributed by atoms with Crippen LogP contribution in [0, 0.1) is 0 Å². The molecule has 90 valence electrons. The molecule has 0 saturated heterocycles. The molecule has 0 bridgehead atoms. The molecule has 0 aliphatic heterocycles. The highest BCUT2D eigenvalue weighted by atomic mass is 35.5. The van der Waals surface area contributed by atoms with E-state index in [1.165, 1.54) is 0 Å². The van der Waals surface area contributed by atoms with Crippen LogP contribution < -0.4 is 4.90 Å². The Hall–Kier alpha value is -0.520. The van der Waals surface area contributed by atoms with E-state index in [1.807, 2.05) is 7.05 Å². The Balaban J connectivity index is 2.78. The number of hydrogen-bond donors (Lipinski definition) is 0. The molecule has 0 aromatic carbocycles. The quantitative estimate of drug-likeness (QED) is 0.733. The van der Waals surface area contributed by atoms with E-state index in [0.29, 0.717) is 17.6 Å². The maximum atomic E-state index is 5.93. The zero-order valence-corrected chi connectivity index (χ0v) is 11.3. The third-order valence-corrected chi connectivity index (χ3v) is 2.81. The van der Waals surface area contributed by atoms with E-state index in [9.17, 15) is 0 Å². The number of anilines is 1. The lowest BCUT2D eigenvalue weighted by atomic mass is 10.5. The monoisotopic (exact) mass is 261 g/mol. The van der Waals surface area contributed by atoms with Gasteiger partial charge < -0.3 is 9.64 Å². The number of methoxy groups -OCH3 is 1. The van der Waals surface area contributed by atoms with Crippen molar-refractivity contribution in [1.29, 1.82) is 0 Å². The summed E-state index contributed by atoms with van der Waals surface area (Å²) in [5.74, 6) is 2.50. The lowest BCUT2D eigenvalue weighted by Crippen LogP contribution is -2.22. The van der Waals surface area contributed by atoms with Gasteiger partial charge in [0.25, 0.3) is 0 Å². The van der Waals surface area contributed by atoms with Crippen LogP contribution in [0.4, 0.5) is 5.82 Å². The Kier molecular flexibility index (Phi) is 5.87. The van der Waals surface area contributed by atoms with Crippen molar-refractivity contribution < 1.29 is 4.74 Å². The Morgan fingerprint density at radius 2 is 2.25 bits per heavy atom. The fourth-order valence-electron chi connectivity index (χ4n) is 1.18. The molecule has 0 spiro atoms. The summed E-state index contributed by atoms with van der Waals surface area (Å²) in [6.45, 7) is 1.31. The predicted octanol–water partition coefficient (Wildman–Crippen LogP) is 2.08. The van der Waals surface area contributed by atoms with Gasteiger partial charge in [-0.2, -0.15) is 11.8 Å². The van der Waals surface area contributed by atoms with Gasteiger partial charge in [0.05, 0.1) is 0 Å². The second-order valence-electron chi connectivity index (χ2n) is 3.31. The van der Waals surface area contributed by atoms with Gasteiger partial charge in [-0.3, -0.25) is 0 Å². The topological polar surface area (TPSA) is 38.2 Å². The van der Waals surface area contributed by atoms with Crippen molar-refractivity contribution in [2.75, 3.05) is 37.6 Å². The molecular weight excluding hydrogens is 246 g/mol. The molecule has 6 heteroatoms. The van der Waals surface area contributed by atoms with Gasteiger partial charge in [-0.25, -0.2) is 9.97 Å². The number of thioether (sulfide) groups is 1. The summed E-state index contributed by atoms with van der Waals surface area (Å²) < 4.78 is 4.99. The highest BCUT2D eigenvalue weighted by Crippen LogP contribution is 2.15. The summed E-state index contributed by atoms with van der Waals surface area (Å²) in [6, 6.07) is 1.76. The third-order valence-electron chi connectivity index (χ3n) is 2.02. The van der Waals surface area contributed by atoms with Gasteiger partial charge in [0.1, 0.15) is 17.6 Å². The number of halogens is 1. The molecule has 0 saturated carbocycles. The van der Waals surface area contributed by atoms with Crippen LogP contribution in [-0.2, 0) is 11.3 Å². The van der Waals surface area contributed by atoms with Crippen molar-refractivity contribution in [2.45, 2.75) is 6.61 Å². The number of hydrogen-bond acceptors (Lipinski definition) is 5.